The number of aryl methyl sites for hydroxylation is 1. The topological polar surface area (TPSA) is 149 Å². The fraction of sp³-hybridized carbons (Fsp3) is 0.310. The molecule has 0 fully saturated rings. The summed E-state index contributed by atoms with van der Waals surface area (Å²) in [6.45, 7) is 2.33. The number of carbonyl (C=O) groups is 1. The van der Waals surface area contributed by atoms with Crippen molar-refractivity contribution in [3.8, 4) is 45.6 Å². The quantitative estimate of drug-likeness (QED) is 0.239. The van der Waals surface area contributed by atoms with Crippen LogP contribution < -0.4 is 25.1 Å². The first-order valence-corrected chi connectivity index (χ1v) is 12.8. The van der Waals surface area contributed by atoms with E-state index in [0.29, 0.717) is 41.3 Å². The fourth-order valence-electron chi connectivity index (χ4n) is 4.31. The first-order valence-electron chi connectivity index (χ1n) is 12.8. The second kappa shape index (κ2) is 12.8. The third-order valence-electron chi connectivity index (χ3n) is 6.37. The maximum atomic E-state index is 13.2. The van der Waals surface area contributed by atoms with Crippen LogP contribution in [-0.2, 0) is 24.2 Å². The summed E-state index contributed by atoms with van der Waals surface area (Å²) >= 11 is 0. The molecule has 4 aromatic rings. The van der Waals surface area contributed by atoms with E-state index < -0.39 is 5.56 Å². The molecule has 1 amide bonds. The Labute approximate surface area is 231 Å². The minimum atomic E-state index is -0.597. The maximum absolute atomic E-state index is 13.2. The summed E-state index contributed by atoms with van der Waals surface area (Å²) in [6.07, 6.45) is 1.94. The zero-order valence-electron chi connectivity index (χ0n) is 22.9. The Morgan fingerprint density at radius 2 is 1.68 bits per heavy atom. The molecule has 0 atom stereocenters. The number of pyridine rings is 1. The van der Waals surface area contributed by atoms with Crippen molar-refractivity contribution < 1.29 is 28.5 Å². The number of H-pyrrole nitrogens is 1. The van der Waals surface area contributed by atoms with Gasteiger partial charge in [0.15, 0.2) is 0 Å². The molecular weight excluding hydrogens is 516 g/mol. The van der Waals surface area contributed by atoms with Crippen molar-refractivity contribution in [2.24, 2.45) is 0 Å². The molecular formula is C29H32N4O7. The lowest BCUT2D eigenvalue weighted by Gasteiger charge is -2.18. The molecule has 0 aliphatic carbocycles. The van der Waals surface area contributed by atoms with Crippen molar-refractivity contribution in [1.29, 1.82) is 0 Å². The minimum absolute atomic E-state index is 0.00693. The Balaban J connectivity index is 1.65. The lowest BCUT2D eigenvalue weighted by atomic mass is 9.96. The number of amides is 1. The van der Waals surface area contributed by atoms with E-state index in [2.05, 4.69) is 20.5 Å². The van der Waals surface area contributed by atoms with E-state index in [9.17, 15) is 14.7 Å². The summed E-state index contributed by atoms with van der Waals surface area (Å²) in [4.78, 5) is 28.5. The molecule has 2 aromatic heterocycles. The van der Waals surface area contributed by atoms with Gasteiger partial charge in [0.2, 0.25) is 11.8 Å². The van der Waals surface area contributed by atoms with Crippen molar-refractivity contribution in [3.63, 3.8) is 0 Å². The molecule has 0 bridgehead atoms. The summed E-state index contributed by atoms with van der Waals surface area (Å²) in [6, 6.07) is 12.5. The van der Waals surface area contributed by atoms with Crippen LogP contribution in [0.15, 0.2) is 51.7 Å². The maximum Gasteiger partial charge on any atom is 0.264 e. The Kier molecular flexibility index (Phi) is 9.05. The van der Waals surface area contributed by atoms with E-state index >= 15 is 0 Å². The number of aromatic nitrogens is 3. The number of nitrogens with zero attached hydrogens (tertiary/aromatic N) is 2. The van der Waals surface area contributed by atoms with Gasteiger partial charge in [-0.25, -0.2) is 0 Å². The fourth-order valence-corrected chi connectivity index (χ4v) is 4.31. The van der Waals surface area contributed by atoms with Crippen LogP contribution in [0.3, 0.4) is 0 Å². The monoisotopic (exact) mass is 548 g/mol. The summed E-state index contributed by atoms with van der Waals surface area (Å²) in [5.74, 6) is 0.699. The number of hydrogen-bond acceptors (Lipinski definition) is 9. The van der Waals surface area contributed by atoms with Gasteiger partial charge in [0.1, 0.15) is 35.0 Å². The molecule has 0 unspecified atom stereocenters. The van der Waals surface area contributed by atoms with Crippen molar-refractivity contribution in [1.82, 2.24) is 20.5 Å². The third kappa shape index (κ3) is 6.09. The van der Waals surface area contributed by atoms with E-state index in [0.717, 1.165) is 24.2 Å². The van der Waals surface area contributed by atoms with Gasteiger partial charge in [0, 0.05) is 12.2 Å². The highest BCUT2D eigenvalue weighted by Crippen LogP contribution is 2.46. The zero-order valence-corrected chi connectivity index (χ0v) is 22.9. The molecule has 3 N–H and O–H groups in total. The molecule has 11 heteroatoms. The largest absolute Gasteiger partial charge is 0.506 e. The summed E-state index contributed by atoms with van der Waals surface area (Å²) < 4.78 is 21.9. The molecule has 0 spiro atoms. The summed E-state index contributed by atoms with van der Waals surface area (Å²) in [7, 11) is 4.61. The van der Waals surface area contributed by atoms with Crippen LogP contribution in [0.4, 0.5) is 0 Å². The number of methoxy groups -OCH3 is 3. The smallest absolute Gasteiger partial charge is 0.264 e. The average Bonchev–Trinajstić information content (AvgIpc) is 3.42. The number of carbonyl (C=O) groups excluding carboxylic acids is 1. The SMILES string of the molecule is CCCCc1[nH]c(=O)c(-c2nnc(CC(=O)NCc3ccc(OC)cc3)o2)c(O)c1-c1c(OC)cccc1OC. The van der Waals surface area contributed by atoms with Crippen molar-refractivity contribution >= 4 is 5.91 Å². The molecule has 2 aromatic carbocycles. The van der Waals surface area contributed by atoms with E-state index in [1.807, 2.05) is 19.1 Å². The molecule has 2 heterocycles. The zero-order chi connectivity index (χ0) is 28.6. The molecule has 0 aliphatic heterocycles. The van der Waals surface area contributed by atoms with Crippen LogP contribution in [0, 0.1) is 0 Å². The molecule has 4 rings (SSSR count). The molecule has 11 nitrogen and oxygen atoms in total. The predicted molar refractivity (Wildman–Crippen MR) is 148 cm³/mol. The lowest BCUT2D eigenvalue weighted by molar-refractivity contribution is -0.120. The Bertz CT molecular complexity index is 1500. The van der Waals surface area contributed by atoms with E-state index in [1.165, 1.54) is 14.2 Å². The highest BCUT2D eigenvalue weighted by molar-refractivity contribution is 5.87. The van der Waals surface area contributed by atoms with Crippen LogP contribution in [0.5, 0.6) is 23.0 Å². The van der Waals surface area contributed by atoms with E-state index in [-0.39, 0.29) is 35.4 Å². The summed E-state index contributed by atoms with van der Waals surface area (Å²) in [5, 5.41) is 22.2. The highest BCUT2D eigenvalue weighted by atomic mass is 16.5. The normalized spacial score (nSPS) is 10.8. The van der Waals surface area contributed by atoms with Crippen LogP contribution in [0.1, 0.15) is 36.9 Å². The number of aromatic hydroxyl groups is 1. The van der Waals surface area contributed by atoms with Gasteiger partial charge in [-0.2, -0.15) is 0 Å². The number of rotatable bonds is 12. The number of aromatic amines is 1. The van der Waals surface area contributed by atoms with Crippen LogP contribution >= 0.6 is 0 Å². The highest BCUT2D eigenvalue weighted by Gasteiger charge is 2.27. The standard InChI is InChI=1S/C29H32N4O7/c1-5-6-8-19-24(25-20(38-3)9-7-10-21(25)39-4)27(35)26(28(36)31-19)29-33-32-23(40-29)15-22(34)30-16-17-11-13-18(37-2)14-12-17/h7,9-14H,5-6,8,15-16H2,1-4H3,(H,30,34)(H2,31,35,36). The summed E-state index contributed by atoms with van der Waals surface area (Å²) in [5.41, 5.74) is 1.43. The van der Waals surface area contributed by atoms with Gasteiger partial charge in [-0.15, -0.1) is 10.2 Å². The van der Waals surface area contributed by atoms with Gasteiger partial charge < -0.3 is 34.0 Å². The van der Waals surface area contributed by atoms with Crippen molar-refractivity contribution in [3.05, 3.63) is 70.0 Å². The molecule has 40 heavy (non-hydrogen) atoms. The lowest BCUT2D eigenvalue weighted by Crippen LogP contribution is -2.24. The molecule has 0 saturated heterocycles. The number of ether oxygens (including phenoxy) is 3. The number of unbranched alkanes of at least 4 members (excludes halogenated alkanes) is 1. The minimum Gasteiger partial charge on any atom is -0.506 e. The number of benzene rings is 2. The van der Waals surface area contributed by atoms with Gasteiger partial charge in [0.25, 0.3) is 11.4 Å². The van der Waals surface area contributed by atoms with E-state index in [1.54, 1.807) is 37.4 Å². The molecule has 0 saturated carbocycles. The van der Waals surface area contributed by atoms with Crippen LogP contribution in [0.2, 0.25) is 0 Å². The third-order valence-corrected chi connectivity index (χ3v) is 6.37. The first-order chi connectivity index (χ1) is 19.4. The van der Waals surface area contributed by atoms with E-state index in [4.69, 9.17) is 18.6 Å². The molecule has 0 radical (unpaired) electrons. The van der Waals surface area contributed by atoms with Crippen LogP contribution in [0.25, 0.3) is 22.6 Å². The van der Waals surface area contributed by atoms with Gasteiger partial charge in [-0.3, -0.25) is 9.59 Å². The second-order valence-corrected chi connectivity index (χ2v) is 8.97. The number of hydrogen-bond donors (Lipinski definition) is 3. The Morgan fingerprint density at radius 3 is 2.30 bits per heavy atom. The molecule has 0 aliphatic rings. The van der Waals surface area contributed by atoms with Gasteiger partial charge >= 0.3 is 0 Å². The average molecular weight is 549 g/mol. The van der Waals surface area contributed by atoms with Crippen molar-refractivity contribution in [2.45, 2.75) is 39.2 Å². The number of nitrogens with one attached hydrogen (secondary N) is 2. The van der Waals surface area contributed by atoms with Crippen molar-refractivity contribution in [2.75, 3.05) is 21.3 Å². The Hall–Kier alpha value is -4.80. The first kappa shape index (κ1) is 28.2. The second-order valence-electron chi connectivity index (χ2n) is 8.97. The molecule has 210 valence electrons. The Morgan fingerprint density at radius 1 is 0.975 bits per heavy atom. The predicted octanol–water partition coefficient (Wildman–Crippen LogP) is 4.02. The van der Waals surface area contributed by atoms with Gasteiger partial charge in [-0.05, 0) is 42.7 Å². The van der Waals surface area contributed by atoms with Gasteiger partial charge in [-0.1, -0.05) is 31.5 Å². The van der Waals surface area contributed by atoms with Gasteiger partial charge in [0.05, 0.1) is 32.5 Å². The van der Waals surface area contributed by atoms with Crippen LogP contribution in [-0.4, -0.2) is 47.5 Å².